The van der Waals surface area contributed by atoms with Crippen molar-refractivity contribution in [3.63, 3.8) is 0 Å². The number of hydrogen-bond donors (Lipinski definition) is 2. The highest BCUT2D eigenvalue weighted by atomic mass is 32.2. The molecule has 0 unspecified atom stereocenters. The van der Waals surface area contributed by atoms with Gasteiger partial charge < -0.3 is 20.1 Å². The lowest BCUT2D eigenvalue weighted by atomic mass is 10.1. The second-order valence-corrected chi connectivity index (χ2v) is 10.1. The number of nitrogens with one attached hydrogen (secondary N) is 2. The van der Waals surface area contributed by atoms with Gasteiger partial charge in [-0.2, -0.15) is 0 Å². The first-order chi connectivity index (χ1) is 17.7. The molecule has 0 radical (unpaired) electrons. The number of carbonyl (C=O) groups is 2. The van der Waals surface area contributed by atoms with Crippen molar-refractivity contribution in [2.75, 3.05) is 30.4 Å². The van der Waals surface area contributed by atoms with Crippen LogP contribution in [0.15, 0.2) is 77.7 Å². The molecule has 0 aromatic heterocycles. The average Bonchev–Trinajstić information content (AvgIpc) is 2.91. The zero-order valence-electron chi connectivity index (χ0n) is 21.2. The molecule has 2 amide bonds. The second kappa shape index (κ2) is 12.3. The van der Waals surface area contributed by atoms with E-state index in [4.69, 9.17) is 9.47 Å². The minimum Gasteiger partial charge on any atom is -0.497 e. The van der Waals surface area contributed by atoms with Gasteiger partial charge in [0.05, 0.1) is 36.1 Å². The Morgan fingerprint density at radius 2 is 1.57 bits per heavy atom. The zero-order chi connectivity index (χ0) is 27.0. The summed E-state index contributed by atoms with van der Waals surface area (Å²) in [5.74, 6) is -0.196. The molecule has 0 aliphatic heterocycles. The minimum absolute atomic E-state index is 0.0275. The molecule has 10 heteroatoms. The largest absolute Gasteiger partial charge is 0.497 e. The Labute approximate surface area is 217 Å². The van der Waals surface area contributed by atoms with Crippen LogP contribution >= 0.6 is 0 Å². The summed E-state index contributed by atoms with van der Waals surface area (Å²) >= 11 is 0. The van der Waals surface area contributed by atoms with E-state index in [9.17, 15) is 18.0 Å². The molecule has 3 aromatic carbocycles. The topological polar surface area (TPSA) is 114 Å². The first-order valence-corrected chi connectivity index (χ1v) is 13.1. The lowest BCUT2D eigenvalue weighted by molar-refractivity contribution is -0.114. The lowest BCUT2D eigenvalue weighted by Crippen LogP contribution is -2.39. The number of amides is 2. The van der Waals surface area contributed by atoms with Gasteiger partial charge in [0.1, 0.15) is 18.0 Å². The van der Waals surface area contributed by atoms with E-state index in [2.05, 4.69) is 10.6 Å². The van der Waals surface area contributed by atoms with Gasteiger partial charge >= 0.3 is 0 Å². The van der Waals surface area contributed by atoms with Crippen molar-refractivity contribution in [2.45, 2.75) is 31.2 Å². The molecule has 9 nitrogen and oxygen atoms in total. The quantitative estimate of drug-likeness (QED) is 0.390. The van der Waals surface area contributed by atoms with Gasteiger partial charge in [-0.1, -0.05) is 31.2 Å². The Morgan fingerprint density at radius 1 is 0.919 bits per heavy atom. The fraction of sp³-hybridized carbons (Fsp3) is 0.259. The van der Waals surface area contributed by atoms with Gasteiger partial charge in [-0.3, -0.25) is 13.9 Å². The summed E-state index contributed by atoms with van der Waals surface area (Å²) < 4.78 is 38.9. The first-order valence-electron chi connectivity index (χ1n) is 11.7. The van der Waals surface area contributed by atoms with Gasteiger partial charge in [-0.25, -0.2) is 8.42 Å². The van der Waals surface area contributed by atoms with E-state index in [1.807, 2.05) is 13.8 Å². The Kier molecular flexibility index (Phi) is 9.13. The Morgan fingerprint density at radius 3 is 2.22 bits per heavy atom. The Bertz CT molecular complexity index is 1340. The van der Waals surface area contributed by atoms with Gasteiger partial charge in [-0.05, 0) is 61.9 Å². The molecule has 0 fully saturated rings. The number of nitrogens with zero attached hydrogens (tertiary/aromatic N) is 1. The smallest absolute Gasteiger partial charge is 0.264 e. The normalized spacial score (nSPS) is 11.8. The molecule has 0 heterocycles. The molecule has 0 aliphatic rings. The zero-order valence-corrected chi connectivity index (χ0v) is 22.0. The maximum absolute atomic E-state index is 13.7. The van der Waals surface area contributed by atoms with Crippen molar-refractivity contribution in [1.29, 1.82) is 0 Å². The molecule has 3 aromatic rings. The van der Waals surface area contributed by atoms with Crippen LogP contribution in [0.25, 0.3) is 0 Å². The standard InChI is InChI=1S/C27H31N3O6S/c1-5-19(2)28-27(32)22-10-6-7-11-23(22)29-26(31)18-30(24-12-8-9-13-25(24)36-4)37(33,34)21-16-14-20(35-3)15-17-21/h6-17,19H,5,18H2,1-4H3,(H,28,32)(H,29,31)/t19-/m1/s1. The third kappa shape index (κ3) is 6.59. The predicted molar refractivity (Wildman–Crippen MR) is 143 cm³/mol. The second-order valence-electron chi connectivity index (χ2n) is 8.24. The summed E-state index contributed by atoms with van der Waals surface area (Å²) in [6.45, 7) is 3.28. The van der Waals surface area contributed by atoms with Crippen LogP contribution < -0.4 is 24.4 Å². The van der Waals surface area contributed by atoms with Crippen LogP contribution in [0.3, 0.4) is 0 Å². The van der Waals surface area contributed by atoms with E-state index in [0.717, 1.165) is 10.7 Å². The maximum atomic E-state index is 13.7. The maximum Gasteiger partial charge on any atom is 0.264 e. The summed E-state index contributed by atoms with van der Waals surface area (Å²) in [7, 11) is -1.29. The Balaban J connectivity index is 1.96. The van der Waals surface area contributed by atoms with E-state index in [-0.39, 0.29) is 39.5 Å². The number of carbonyl (C=O) groups excluding carboxylic acids is 2. The highest BCUT2D eigenvalue weighted by molar-refractivity contribution is 7.92. The van der Waals surface area contributed by atoms with Crippen molar-refractivity contribution in [3.8, 4) is 11.5 Å². The van der Waals surface area contributed by atoms with Crippen LogP contribution in [0.4, 0.5) is 11.4 Å². The van der Waals surface area contributed by atoms with Crippen LogP contribution in [0.2, 0.25) is 0 Å². The molecule has 196 valence electrons. The predicted octanol–water partition coefficient (Wildman–Crippen LogP) is 4.07. The fourth-order valence-corrected chi connectivity index (χ4v) is 4.96. The summed E-state index contributed by atoms with van der Waals surface area (Å²) in [5.41, 5.74) is 0.742. The van der Waals surface area contributed by atoms with E-state index in [1.54, 1.807) is 48.5 Å². The van der Waals surface area contributed by atoms with Gasteiger partial charge in [0.2, 0.25) is 5.91 Å². The summed E-state index contributed by atoms with van der Waals surface area (Å²) in [6, 6.07) is 18.9. The van der Waals surface area contributed by atoms with Crippen LogP contribution in [0, 0.1) is 0 Å². The molecule has 3 rings (SSSR count). The van der Waals surface area contributed by atoms with Crippen molar-refractivity contribution < 1.29 is 27.5 Å². The van der Waals surface area contributed by atoms with E-state index in [0.29, 0.717) is 5.75 Å². The monoisotopic (exact) mass is 525 g/mol. The van der Waals surface area contributed by atoms with Gasteiger partial charge in [0.25, 0.3) is 15.9 Å². The van der Waals surface area contributed by atoms with Crippen molar-refractivity contribution in [3.05, 3.63) is 78.4 Å². The third-order valence-corrected chi connectivity index (χ3v) is 7.50. The number of ether oxygens (including phenoxy) is 2. The molecule has 0 aliphatic carbocycles. The van der Waals surface area contributed by atoms with Crippen molar-refractivity contribution >= 4 is 33.2 Å². The molecule has 0 bridgehead atoms. The minimum atomic E-state index is -4.19. The molecule has 0 spiro atoms. The van der Waals surface area contributed by atoms with Crippen LogP contribution in [0.1, 0.15) is 30.6 Å². The molecule has 0 saturated heterocycles. The van der Waals surface area contributed by atoms with Crippen LogP contribution in [-0.4, -0.2) is 47.0 Å². The molecule has 1 atom stereocenters. The summed E-state index contributed by atoms with van der Waals surface area (Å²) in [6.07, 6.45) is 0.747. The van der Waals surface area contributed by atoms with E-state index >= 15 is 0 Å². The molecule has 0 saturated carbocycles. The highest BCUT2D eigenvalue weighted by Crippen LogP contribution is 2.32. The average molecular weight is 526 g/mol. The SMILES string of the molecule is CC[C@@H](C)NC(=O)c1ccccc1NC(=O)CN(c1ccccc1OC)S(=O)(=O)c1ccc(OC)cc1. The number of benzene rings is 3. The van der Waals surface area contributed by atoms with E-state index in [1.165, 1.54) is 38.5 Å². The van der Waals surface area contributed by atoms with Crippen LogP contribution in [0.5, 0.6) is 11.5 Å². The lowest BCUT2D eigenvalue weighted by Gasteiger charge is -2.26. The van der Waals surface area contributed by atoms with Gasteiger partial charge in [0, 0.05) is 6.04 Å². The Hall–Kier alpha value is -4.05. The van der Waals surface area contributed by atoms with Crippen LogP contribution in [-0.2, 0) is 14.8 Å². The molecule has 37 heavy (non-hydrogen) atoms. The van der Waals surface area contributed by atoms with E-state index < -0.39 is 22.5 Å². The molecule has 2 N–H and O–H groups in total. The molecular formula is C27H31N3O6S. The number of sulfonamides is 1. The number of methoxy groups -OCH3 is 2. The van der Waals surface area contributed by atoms with Gasteiger partial charge in [-0.15, -0.1) is 0 Å². The number of hydrogen-bond acceptors (Lipinski definition) is 6. The van der Waals surface area contributed by atoms with Crippen molar-refractivity contribution in [2.24, 2.45) is 0 Å². The third-order valence-electron chi connectivity index (χ3n) is 5.72. The molecular weight excluding hydrogens is 494 g/mol. The number of rotatable bonds is 11. The summed E-state index contributed by atoms with van der Waals surface area (Å²) in [5, 5.41) is 5.57. The number of anilines is 2. The van der Waals surface area contributed by atoms with Crippen molar-refractivity contribution in [1.82, 2.24) is 5.32 Å². The summed E-state index contributed by atoms with van der Waals surface area (Å²) in [4.78, 5) is 25.9. The number of para-hydroxylation sites is 3. The highest BCUT2D eigenvalue weighted by Gasteiger charge is 2.30. The van der Waals surface area contributed by atoms with Gasteiger partial charge in [0.15, 0.2) is 0 Å². The first kappa shape index (κ1) is 27.5. The fourth-order valence-electron chi connectivity index (χ4n) is 3.52.